The lowest BCUT2D eigenvalue weighted by Crippen LogP contribution is -2.28. The van der Waals surface area contributed by atoms with Crippen molar-refractivity contribution in [3.8, 4) is 0 Å². The Labute approximate surface area is 143 Å². The molecule has 0 spiro atoms. The summed E-state index contributed by atoms with van der Waals surface area (Å²) in [6.07, 6.45) is 20.6. The van der Waals surface area contributed by atoms with E-state index in [2.05, 4.69) is 6.92 Å². The van der Waals surface area contributed by atoms with Gasteiger partial charge in [-0.2, -0.15) is 0 Å². The maximum Gasteiger partial charge on any atom is 0.254 e. The van der Waals surface area contributed by atoms with Crippen molar-refractivity contribution in [3.63, 3.8) is 0 Å². The number of rotatable bonds is 12. The average Bonchev–Trinajstić information content (AvgIpc) is 2.50. The summed E-state index contributed by atoms with van der Waals surface area (Å²) in [5.41, 5.74) is 0.688. The Bertz CT molecular complexity index is 237. The standard InChI is InChI=1S/C18H36Cl2Si/c1-2-3-4-5-6-7-8-9-10-14-17-21(19,20)18-15-12-11-13-16-18/h18H,2-17H2,1H3. The average molecular weight is 351 g/mol. The molecule has 0 unspecified atom stereocenters. The zero-order valence-corrected chi connectivity index (χ0v) is 16.7. The molecule has 3 heteroatoms. The third-order valence-electron chi connectivity index (χ3n) is 5.07. The lowest BCUT2D eigenvalue weighted by Gasteiger charge is -2.30. The molecule has 0 N–H and O–H groups in total. The molecule has 1 aliphatic carbocycles. The molecule has 0 heterocycles. The quantitative estimate of drug-likeness (QED) is 0.189. The summed E-state index contributed by atoms with van der Waals surface area (Å²) < 4.78 is 0. The monoisotopic (exact) mass is 350 g/mol. The molecule has 1 aliphatic rings. The van der Waals surface area contributed by atoms with Crippen LogP contribution < -0.4 is 0 Å². The van der Waals surface area contributed by atoms with Crippen LogP contribution in [0.3, 0.4) is 0 Å². The van der Waals surface area contributed by atoms with Crippen molar-refractivity contribution in [2.24, 2.45) is 0 Å². The Morgan fingerprint density at radius 1 is 0.714 bits per heavy atom. The summed E-state index contributed by atoms with van der Waals surface area (Å²) in [7, 11) is 0. The first-order chi connectivity index (χ1) is 10.2. The Hall–Kier alpha value is 0.797. The number of hydrogen-bond acceptors (Lipinski definition) is 0. The van der Waals surface area contributed by atoms with Crippen LogP contribution in [0.15, 0.2) is 0 Å². The predicted octanol–water partition coefficient (Wildman–Crippen LogP) is 8.16. The van der Waals surface area contributed by atoms with Crippen molar-refractivity contribution in [2.45, 2.75) is 115 Å². The summed E-state index contributed by atoms with van der Waals surface area (Å²) >= 11 is 13.5. The van der Waals surface area contributed by atoms with Crippen molar-refractivity contribution in [1.82, 2.24) is 0 Å². The van der Waals surface area contributed by atoms with Gasteiger partial charge in [-0.25, -0.2) is 0 Å². The van der Waals surface area contributed by atoms with Gasteiger partial charge in [0.05, 0.1) is 0 Å². The normalized spacial score (nSPS) is 17.3. The second kappa shape index (κ2) is 12.2. The van der Waals surface area contributed by atoms with E-state index in [1.807, 2.05) is 0 Å². The van der Waals surface area contributed by atoms with Crippen molar-refractivity contribution < 1.29 is 0 Å². The second-order valence-electron chi connectivity index (χ2n) is 7.03. The van der Waals surface area contributed by atoms with Gasteiger partial charge in [0.25, 0.3) is 6.69 Å². The van der Waals surface area contributed by atoms with Crippen LogP contribution >= 0.6 is 22.2 Å². The Kier molecular flexibility index (Phi) is 11.6. The first-order valence-electron chi connectivity index (χ1n) is 9.54. The molecular weight excluding hydrogens is 315 g/mol. The lowest BCUT2D eigenvalue weighted by atomic mass is 10.0. The maximum atomic E-state index is 6.73. The van der Waals surface area contributed by atoms with Gasteiger partial charge in [0.15, 0.2) is 0 Å². The Balaban J connectivity index is 1.93. The minimum Gasteiger partial charge on any atom is -0.146 e. The summed E-state index contributed by atoms with van der Waals surface area (Å²) in [5.74, 6) is 0. The van der Waals surface area contributed by atoms with Gasteiger partial charge in [-0.3, -0.25) is 0 Å². The molecule has 0 radical (unpaired) electrons. The fourth-order valence-corrected chi connectivity index (χ4v) is 8.07. The summed E-state index contributed by atoms with van der Waals surface area (Å²) in [5, 5.41) is 0. The molecule has 0 aromatic heterocycles. The molecule has 0 aromatic carbocycles. The minimum absolute atomic E-state index is 0.688. The van der Waals surface area contributed by atoms with E-state index in [-0.39, 0.29) is 0 Å². The van der Waals surface area contributed by atoms with Gasteiger partial charge in [-0.1, -0.05) is 103 Å². The molecule has 1 saturated carbocycles. The molecule has 0 amide bonds. The highest BCUT2D eigenvalue weighted by atomic mass is 35.7. The Morgan fingerprint density at radius 2 is 1.19 bits per heavy atom. The van der Waals surface area contributed by atoms with Gasteiger partial charge in [-0.05, 0) is 11.6 Å². The van der Waals surface area contributed by atoms with Crippen molar-refractivity contribution in [1.29, 1.82) is 0 Å². The SMILES string of the molecule is CCCCCCCCCCCC[Si](Cl)(Cl)C1CCCCC1. The first-order valence-corrected chi connectivity index (χ1v) is 13.9. The lowest BCUT2D eigenvalue weighted by molar-refractivity contribution is 0.495. The van der Waals surface area contributed by atoms with Crippen molar-refractivity contribution in [2.75, 3.05) is 0 Å². The molecule has 0 bridgehead atoms. The molecule has 0 atom stereocenters. The summed E-state index contributed by atoms with van der Waals surface area (Å²) in [4.78, 5) is 0. The summed E-state index contributed by atoms with van der Waals surface area (Å²) in [6.45, 7) is 0.334. The van der Waals surface area contributed by atoms with Crippen LogP contribution in [0, 0.1) is 0 Å². The molecule has 0 aliphatic heterocycles. The number of halogens is 2. The smallest absolute Gasteiger partial charge is 0.146 e. The topological polar surface area (TPSA) is 0 Å². The zero-order valence-electron chi connectivity index (χ0n) is 14.1. The van der Waals surface area contributed by atoms with Gasteiger partial charge >= 0.3 is 0 Å². The third-order valence-corrected chi connectivity index (χ3v) is 10.8. The van der Waals surface area contributed by atoms with Crippen LogP contribution in [0.5, 0.6) is 0 Å². The van der Waals surface area contributed by atoms with Crippen LogP contribution in [0.4, 0.5) is 0 Å². The van der Waals surface area contributed by atoms with E-state index in [4.69, 9.17) is 22.2 Å². The van der Waals surface area contributed by atoms with E-state index < -0.39 is 6.69 Å². The van der Waals surface area contributed by atoms with Gasteiger partial charge < -0.3 is 0 Å². The largest absolute Gasteiger partial charge is 0.254 e. The maximum absolute atomic E-state index is 6.73. The molecule has 0 saturated heterocycles. The predicted molar refractivity (Wildman–Crippen MR) is 101 cm³/mol. The van der Waals surface area contributed by atoms with Crippen LogP contribution in [-0.4, -0.2) is 6.69 Å². The van der Waals surface area contributed by atoms with Crippen molar-refractivity contribution in [3.05, 3.63) is 0 Å². The van der Waals surface area contributed by atoms with Crippen LogP contribution in [0.1, 0.15) is 103 Å². The number of unbranched alkanes of at least 4 members (excludes halogenated alkanes) is 9. The zero-order chi connectivity index (χ0) is 15.4. The van der Waals surface area contributed by atoms with E-state index in [9.17, 15) is 0 Å². The van der Waals surface area contributed by atoms with Crippen molar-refractivity contribution >= 4 is 28.9 Å². The van der Waals surface area contributed by atoms with Crippen LogP contribution in [-0.2, 0) is 0 Å². The molecule has 1 rings (SSSR count). The first kappa shape index (κ1) is 19.8. The molecule has 0 aromatic rings. The highest BCUT2D eigenvalue weighted by Crippen LogP contribution is 2.44. The highest BCUT2D eigenvalue weighted by molar-refractivity contribution is 7.46. The number of hydrogen-bond donors (Lipinski definition) is 0. The van der Waals surface area contributed by atoms with E-state index in [0.29, 0.717) is 5.54 Å². The van der Waals surface area contributed by atoms with Gasteiger partial charge in [0.1, 0.15) is 0 Å². The van der Waals surface area contributed by atoms with E-state index in [0.717, 1.165) is 6.04 Å². The molecule has 21 heavy (non-hydrogen) atoms. The third kappa shape index (κ3) is 9.51. The second-order valence-corrected chi connectivity index (χ2v) is 14.5. The molecular formula is C18H36Cl2Si. The summed E-state index contributed by atoms with van der Waals surface area (Å²) in [6, 6.07) is 1.14. The fourth-order valence-electron chi connectivity index (χ4n) is 3.58. The van der Waals surface area contributed by atoms with E-state index in [1.165, 1.54) is 96.3 Å². The van der Waals surface area contributed by atoms with Gasteiger partial charge in [-0.15, -0.1) is 22.2 Å². The van der Waals surface area contributed by atoms with Gasteiger partial charge in [0.2, 0.25) is 0 Å². The van der Waals surface area contributed by atoms with Gasteiger partial charge in [0, 0.05) is 0 Å². The minimum atomic E-state index is -1.95. The van der Waals surface area contributed by atoms with Crippen LogP contribution in [0.25, 0.3) is 0 Å². The highest BCUT2D eigenvalue weighted by Gasteiger charge is 2.38. The van der Waals surface area contributed by atoms with E-state index >= 15 is 0 Å². The molecule has 1 fully saturated rings. The molecule has 126 valence electrons. The van der Waals surface area contributed by atoms with Crippen LogP contribution in [0.2, 0.25) is 11.6 Å². The molecule has 0 nitrogen and oxygen atoms in total. The Morgan fingerprint density at radius 3 is 1.71 bits per heavy atom. The van der Waals surface area contributed by atoms with E-state index in [1.54, 1.807) is 0 Å². The fraction of sp³-hybridized carbons (Fsp3) is 1.00.